The van der Waals surface area contributed by atoms with Gasteiger partial charge in [0, 0.05) is 42.3 Å². The van der Waals surface area contributed by atoms with Crippen molar-refractivity contribution in [3.05, 3.63) is 205 Å². The van der Waals surface area contributed by atoms with Crippen molar-refractivity contribution in [2.45, 2.75) is 19.3 Å². The lowest BCUT2D eigenvalue weighted by Crippen LogP contribution is -2.14. The van der Waals surface area contributed by atoms with E-state index in [0.29, 0.717) is 5.82 Å². The molecule has 0 saturated carbocycles. The lowest BCUT2D eigenvalue weighted by atomic mass is 9.81. The molecule has 1 aliphatic carbocycles. The van der Waals surface area contributed by atoms with Crippen molar-refractivity contribution < 1.29 is 0 Å². The zero-order valence-corrected chi connectivity index (χ0v) is 34.1. The molecule has 282 valence electrons. The summed E-state index contributed by atoms with van der Waals surface area (Å²) in [6.45, 7) is 4.70. The van der Waals surface area contributed by atoms with Crippen LogP contribution in [0.3, 0.4) is 0 Å². The molecule has 0 N–H and O–H groups in total. The SMILES string of the molecule is CC1(C)c2cc3ccccc3cc2-c2c(-c3cc(-c4ccc(-c5ccccc5-c5ccc6c(c5)sc5ccccc56)c5ccccc45)nc(-c4ccccc4)n3)cccc21. The highest BCUT2D eigenvalue weighted by atomic mass is 32.1. The van der Waals surface area contributed by atoms with Gasteiger partial charge < -0.3 is 0 Å². The molecule has 0 aliphatic heterocycles. The van der Waals surface area contributed by atoms with Crippen molar-refractivity contribution in [1.82, 2.24) is 9.97 Å². The van der Waals surface area contributed by atoms with Crippen molar-refractivity contribution >= 4 is 53.1 Å². The van der Waals surface area contributed by atoms with Crippen molar-refractivity contribution in [2.75, 3.05) is 0 Å². The van der Waals surface area contributed by atoms with Crippen molar-refractivity contribution in [2.24, 2.45) is 0 Å². The third-order valence-electron chi connectivity index (χ3n) is 12.7. The van der Waals surface area contributed by atoms with E-state index in [4.69, 9.17) is 9.97 Å². The zero-order valence-electron chi connectivity index (χ0n) is 33.3. The number of rotatable bonds is 5. The van der Waals surface area contributed by atoms with Crippen molar-refractivity contribution in [1.29, 1.82) is 0 Å². The number of hydrogen-bond donors (Lipinski definition) is 0. The molecular formula is C57H38N2S. The third-order valence-corrected chi connectivity index (χ3v) is 13.8. The largest absolute Gasteiger partial charge is 0.228 e. The molecule has 0 atom stereocenters. The van der Waals surface area contributed by atoms with E-state index in [1.807, 2.05) is 17.4 Å². The molecule has 0 fully saturated rings. The second-order valence-corrected chi connectivity index (χ2v) is 17.6. The molecule has 12 rings (SSSR count). The maximum Gasteiger partial charge on any atom is 0.160 e. The molecule has 9 aromatic carbocycles. The van der Waals surface area contributed by atoms with Crippen LogP contribution in [0.4, 0.5) is 0 Å². The monoisotopic (exact) mass is 782 g/mol. The van der Waals surface area contributed by atoms with E-state index >= 15 is 0 Å². The van der Waals surface area contributed by atoms with Crippen LogP contribution < -0.4 is 0 Å². The summed E-state index contributed by atoms with van der Waals surface area (Å²) in [5.41, 5.74) is 14.9. The molecule has 0 bridgehead atoms. The Labute approximate surface area is 353 Å². The molecule has 2 aromatic heterocycles. The normalized spacial score (nSPS) is 13.0. The van der Waals surface area contributed by atoms with Gasteiger partial charge in [0.25, 0.3) is 0 Å². The Morgan fingerprint density at radius 2 is 0.983 bits per heavy atom. The summed E-state index contributed by atoms with van der Waals surface area (Å²) in [4.78, 5) is 10.7. The van der Waals surface area contributed by atoms with Crippen LogP contribution >= 0.6 is 11.3 Å². The molecule has 0 radical (unpaired) electrons. The maximum absolute atomic E-state index is 5.38. The zero-order chi connectivity index (χ0) is 40.0. The first kappa shape index (κ1) is 34.8. The second-order valence-electron chi connectivity index (χ2n) is 16.5. The number of fused-ring (bicyclic) bond motifs is 8. The predicted octanol–water partition coefficient (Wildman–Crippen LogP) is 15.8. The van der Waals surface area contributed by atoms with Gasteiger partial charge in [0.1, 0.15) is 0 Å². The summed E-state index contributed by atoms with van der Waals surface area (Å²) in [5, 5.41) is 7.50. The lowest BCUT2D eigenvalue weighted by Gasteiger charge is -2.22. The minimum atomic E-state index is -0.158. The van der Waals surface area contributed by atoms with Gasteiger partial charge in [-0.05, 0) is 96.4 Å². The van der Waals surface area contributed by atoms with Gasteiger partial charge in [-0.3, -0.25) is 0 Å². The van der Waals surface area contributed by atoms with E-state index in [1.165, 1.54) is 80.8 Å². The fraction of sp³-hybridized carbons (Fsp3) is 0.0526. The molecule has 11 aromatic rings. The van der Waals surface area contributed by atoms with Gasteiger partial charge in [-0.2, -0.15) is 0 Å². The first-order valence-electron chi connectivity index (χ1n) is 20.6. The first-order valence-corrected chi connectivity index (χ1v) is 21.5. The highest BCUT2D eigenvalue weighted by Gasteiger charge is 2.37. The van der Waals surface area contributed by atoms with Crippen LogP contribution in [-0.4, -0.2) is 9.97 Å². The molecule has 3 heteroatoms. The van der Waals surface area contributed by atoms with Crippen molar-refractivity contribution in [3.63, 3.8) is 0 Å². The lowest BCUT2D eigenvalue weighted by molar-refractivity contribution is 0.661. The predicted molar refractivity (Wildman–Crippen MR) is 255 cm³/mol. The average molecular weight is 783 g/mol. The van der Waals surface area contributed by atoms with Crippen LogP contribution in [0.5, 0.6) is 0 Å². The summed E-state index contributed by atoms with van der Waals surface area (Å²) in [5.74, 6) is 0.715. The molecular weight excluding hydrogens is 745 g/mol. The Balaban J connectivity index is 1.04. The molecule has 0 spiro atoms. The maximum atomic E-state index is 5.38. The van der Waals surface area contributed by atoms with Gasteiger partial charge in [-0.25, -0.2) is 9.97 Å². The van der Waals surface area contributed by atoms with Gasteiger partial charge in [0.15, 0.2) is 5.82 Å². The van der Waals surface area contributed by atoms with Crippen LogP contribution in [-0.2, 0) is 5.41 Å². The van der Waals surface area contributed by atoms with E-state index < -0.39 is 0 Å². The van der Waals surface area contributed by atoms with Gasteiger partial charge in [-0.1, -0.05) is 178 Å². The Morgan fingerprint density at radius 1 is 0.367 bits per heavy atom. The van der Waals surface area contributed by atoms with E-state index in [1.54, 1.807) is 0 Å². The molecule has 0 unspecified atom stereocenters. The number of nitrogens with zero attached hydrogens (tertiary/aromatic N) is 2. The van der Waals surface area contributed by atoms with E-state index in [9.17, 15) is 0 Å². The average Bonchev–Trinajstić information content (AvgIpc) is 3.79. The number of aromatic nitrogens is 2. The molecule has 2 heterocycles. The Morgan fingerprint density at radius 3 is 1.80 bits per heavy atom. The second kappa shape index (κ2) is 13.4. The summed E-state index contributed by atoms with van der Waals surface area (Å²) in [6, 6.07) is 70.7. The summed E-state index contributed by atoms with van der Waals surface area (Å²) >= 11 is 1.86. The molecule has 0 amide bonds. The van der Waals surface area contributed by atoms with Crippen LogP contribution in [0.25, 0.3) is 109 Å². The van der Waals surface area contributed by atoms with Crippen LogP contribution in [0, 0.1) is 0 Å². The van der Waals surface area contributed by atoms with Gasteiger partial charge in [-0.15, -0.1) is 11.3 Å². The summed E-state index contributed by atoms with van der Waals surface area (Å²) < 4.78 is 2.63. The number of benzene rings is 9. The smallest absolute Gasteiger partial charge is 0.160 e. The molecule has 60 heavy (non-hydrogen) atoms. The van der Waals surface area contributed by atoms with Crippen LogP contribution in [0.1, 0.15) is 25.0 Å². The van der Waals surface area contributed by atoms with Gasteiger partial charge >= 0.3 is 0 Å². The van der Waals surface area contributed by atoms with Crippen molar-refractivity contribution in [3.8, 4) is 67.3 Å². The molecule has 1 aliphatic rings. The van der Waals surface area contributed by atoms with Gasteiger partial charge in [0.05, 0.1) is 11.4 Å². The van der Waals surface area contributed by atoms with Crippen LogP contribution in [0.15, 0.2) is 194 Å². The quantitative estimate of drug-likeness (QED) is 0.174. The highest BCUT2D eigenvalue weighted by molar-refractivity contribution is 7.25. The van der Waals surface area contributed by atoms with Gasteiger partial charge in [0.2, 0.25) is 0 Å². The van der Waals surface area contributed by atoms with E-state index in [-0.39, 0.29) is 5.41 Å². The topological polar surface area (TPSA) is 25.8 Å². The first-order chi connectivity index (χ1) is 29.5. The molecule has 2 nitrogen and oxygen atoms in total. The minimum Gasteiger partial charge on any atom is -0.228 e. The highest BCUT2D eigenvalue weighted by Crippen LogP contribution is 2.53. The molecule has 0 saturated heterocycles. The Bertz CT molecular complexity index is 3520. The van der Waals surface area contributed by atoms with E-state index in [2.05, 4.69) is 202 Å². The number of thiophene rings is 1. The van der Waals surface area contributed by atoms with Crippen LogP contribution in [0.2, 0.25) is 0 Å². The fourth-order valence-corrected chi connectivity index (χ4v) is 10.9. The minimum absolute atomic E-state index is 0.158. The summed E-state index contributed by atoms with van der Waals surface area (Å²) in [7, 11) is 0. The fourth-order valence-electron chi connectivity index (χ4n) is 9.75. The Kier molecular flexibility index (Phi) is 7.79. The number of hydrogen-bond acceptors (Lipinski definition) is 3. The Hall–Kier alpha value is -7.20. The third kappa shape index (κ3) is 5.40. The standard InChI is InChI=1S/C57H38N2S/c1-57(2)49-25-14-24-47(55(49)48-31-36-17-6-7-18-37(36)32-50(48)57)52-34-51(58-56(59-52)35-15-4-3-5-16-35)44-30-29-43(41-21-10-11-22-42(41)44)40-20-9-8-19-39(40)38-27-28-46-45-23-12-13-26-53(45)60-54(46)33-38/h3-34H,1-2H3. The summed E-state index contributed by atoms with van der Waals surface area (Å²) in [6.07, 6.45) is 0. The van der Waals surface area contributed by atoms with E-state index in [0.717, 1.165) is 33.5 Å².